The fourth-order valence-electron chi connectivity index (χ4n) is 1.58. The highest BCUT2D eigenvalue weighted by Gasteiger charge is 2.21. The van der Waals surface area contributed by atoms with Gasteiger partial charge in [-0.25, -0.2) is 0 Å². The Hall–Kier alpha value is -0.570. The van der Waals surface area contributed by atoms with Gasteiger partial charge in [-0.05, 0) is 13.8 Å². The van der Waals surface area contributed by atoms with Crippen LogP contribution in [0.15, 0.2) is 0 Å². The highest BCUT2D eigenvalue weighted by atomic mass is 16.2. The Kier molecular flexibility index (Phi) is 2.49. The van der Waals surface area contributed by atoms with Gasteiger partial charge in [-0.3, -0.25) is 4.79 Å². The molecular weight excluding hydrogens is 140 g/mol. The van der Waals surface area contributed by atoms with Gasteiger partial charge in [0.05, 0.1) is 0 Å². The van der Waals surface area contributed by atoms with Gasteiger partial charge in [-0.15, -0.1) is 0 Å². The van der Waals surface area contributed by atoms with Gasteiger partial charge in [0.1, 0.15) is 0 Å². The largest absolute Gasteiger partial charge is 0.340 e. The van der Waals surface area contributed by atoms with E-state index in [1.54, 1.807) is 6.92 Å². The zero-order valence-electron chi connectivity index (χ0n) is 7.42. The Labute approximate surface area is 67.8 Å². The van der Waals surface area contributed by atoms with Gasteiger partial charge in [0.15, 0.2) is 0 Å². The molecule has 0 aromatic rings. The van der Waals surface area contributed by atoms with Crippen LogP contribution in [0, 0.1) is 0 Å². The van der Waals surface area contributed by atoms with Gasteiger partial charge in [0.2, 0.25) is 5.91 Å². The van der Waals surface area contributed by atoms with E-state index in [4.69, 9.17) is 0 Å². The molecule has 1 amide bonds. The molecule has 0 saturated carbocycles. The minimum atomic E-state index is 0.185. The molecule has 0 radical (unpaired) electrons. The molecule has 1 aliphatic rings. The average Bonchev–Trinajstić information content (AvgIpc) is 1.85. The van der Waals surface area contributed by atoms with E-state index in [1.165, 1.54) is 0 Å². The number of hydrogen-bond acceptors (Lipinski definition) is 2. The van der Waals surface area contributed by atoms with Crippen LogP contribution in [-0.2, 0) is 4.79 Å². The van der Waals surface area contributed by atoms with Crippen LogP contribution < -0.4 is 5.32 Å². The number of rotatable bonds is 0. The van der Waals surface area contributed by atoms with Crippen LogP contribution >= 0.6 is 0 Å². The fraction of sp³-hybridized carbons (Fsp3) is 0.875. The fourth-order valence-corrected chi connectivity index (χ4v) is 1.58. The topological polar surface area (TPSA) is 32.3 Å². The van der Waals surface area contributed by atoms with Crippen molar-refractivity contribution in [1.29, 1.82) is 0 Å². The molecule has 64 valence electrons. The first-order valence-electron chi connectivity index (χ1n) is 4.11. The quantitative estimate of drug-likeness (QED) is 0.544. The van der Waals surface area contributed by atoms with Crippen molar-refractivity contribution in [2.45, 2.75) is 32.9 Å². The summed E-state index contributed by atoms with van der Waals surface area (Å²) in [5.74, 6) is 0.185. The molecule has 1 saturated heterocycles. The number of carbonyl (C=O) groups excluding carboxylic acids is 1. The van der Waals surface area contributed by atoms with Gasteiger partial charge in [-0.1, -0.05) is 0 Å². The maximum atomic E-state index is 11.0. The number of piperazine rings is 1. The van der Waals surface area contributed by atoms with Crippen LogP contribution in [0.5, 0.6) is 0 Å². The molecule has 1 N–H and O–H groups in total. The van der Waals surface area contributed by atoms with Crippen molar-refractivity contribution < 1.29 is 4.79 Å². The molecule has 0 spiro atoms. The van der Waals surface area contributed by atoms with E-state index in [-0.39, 0.29) is 5.91 Å². The standard InChI is InChI=1S/C8H16N2O/c1-6-4-10(8(3)11)5-7(2)9-6/h6-7,9H,4-5H2,1-3H3/t6-,7+. The third-order valence-electron chi connectivity index (χ3n) is 2.00. The third kappa shape index (κ3) is 2.19. The molecule has 1 aliphatic heterocycles. The first kappa shape index (κ1) is 8.53. The predicted octanol–water partition coefficient (Wildman–Crippen LogP) is 0.215. The van der Waals surface area contributed by atoms with Crippen molar-refractivity contribution in [2.24, 2.45) is 0 Å². The highest BCUT2D eigenvalue weighted by molar-refractivity contribution is 5.73. The second kappa shape index (κ2) is 3.22. The van der Waals surface area contributed by atoms with Crippen molar-refractivity contribution in [3.8, 4) is 0 Å². The number of nitrogens with zero attached hydrogens (tertiary/aromatic N) is 1. The molecule has 0 aromatic heterocycles. The summed E-state index contributed by atoms with van der Waals surface area (Å²) in [6.07, 6.45) is 0. The summed E-state index contributed by atoms with van der Waals surface area (Å²) in [6.45, 7) is 7.53. The number of nitrogens with one attached hydrogen (secondary N) is 1. The van der Waals surface area contributed by atoms with Crippen LogP contribution in [0.2, 0.25) is 0 Å². The molecule has 0 unspecified atom stereocenters. The number of amides is 1. The molecular formula is C8H16N2O. The van der Waals surface area contributed by atoms with Crippen LogP contribution in [0.25, 0.3) is 0 Å². The summed E-state index contributed by atoms with van der Waals surface area (Å²) >= 11 is 0. The van der Waals surface area contributed by atoms with Crippen LogP contribution in [0.4, 0.5) is 0 Å². The Bertz CT molecular complexity index is 148. The van der Waals surface area contributed by atoms with E-state index in [0.29, 0.717) is 12.1 Å². The Morgan fingerprint density at radius 1 is 1.36 bits per heavy atom. The Balaban J connectivity index is 2.49. The van der Waals surface area contributed by atoms with E-state index >= 15 is 0 Å². The second-order valence-electron chi connectivity index (χ2n) is 3.39. The Morgan fingerprint density at radius 2 is 1.82 bits per heavy atom. The molecule has 1 rings (SSSR count). The van der Waals surface area contributed by atoms with Crippen molar-refractivity contribution >= 4 is 5.91 Å². The maximum absolute atomic E-state index is 11.0. The molecule has 1 fully saturated rings. The number of hydrogen-bond donors (Lipinski definition) is 1. The van der Waals surface area contributed by atoms with Gasteiger partial charge in [0, 0.05) is 32.1 Å². The lowest BCUT2D eigenvalue weighted by Crippen LogP contribution is -2.55. The van der Waals surface area contributed by atoms with Gasteiger partial charge in [0.25, 0.3) is 0 Å². The summed E-state index contributed by atoms with van der Waals surface area (Å²) in [4.78, 5) is 12.9. The molecule has 3 nitrogen and oxygen atoms in total. The normalized spacial score (nSPS) is 32.1. The van der Waals surface area contributed by atoms with Crippen molar-refractivity contribution in [2.75, 3.05) is 13.1 Å². The minimum Gasteiger partial charge on any atom is -0.340 e. The Morgan fingerprint density at radius 3 is 2.18 bits per heavy atom. The zero-order chi connectivity index (χ0) is 8.43. The number of carbonyl (C=O) groups is 1. The van der Waals surface area contributed by atoms with Crippen molar-refractivity contribution in [1.82, 2.24) is 10.2 Å². The van der Waals surface area contributed by atoms with Crippen molar-refractivity contribution in [3.05, 3.63) is 0 Å². The van der Waals surface area contributed by atoms with Gasteiger partial charge >= 0.3 is 0 Å². The van der Waals surface area contributed by atoms with Gasteiger partial charge in [-0.2, -0.15) is 0 Å². The van der Waals surface area contributed by atoms with Crippen LogP contribution in [0.3, 0.4) is 0 Å². The minimum absolute atomic E-state index is 0.185. The summed E-state index contributed by atoms with van der Waals surface area (Å²) in [5, 5.41) is 3.37. The first-order chi connectivity index (χ1) is 5.09. The maximum Gasteiger partial charge on any atom is 0.219 e. The zero-order valence-corrected chi connectivity index (χ0v) is 7.42. The monoisotopic (exact) mass is 156 g/mol. The predicted molar refractivity (Wildman–Crippen MR) is 44.3 cm³/mol. The van der Waals surface area contributed by atoms with E-state index in [1.807, 2.05) is 4.90 Å². The van der Waals surface area contributed by atoms with Gasteiger partial charge < -0.3 is 10.2 Å². The SMILES string of the molecule is CC(=O)N1C[C@@H](C)N[C@@H](C)C1. The second-order valence-corrected chi connectivity index (χ2v) is 3.39. The van der Waals surface area contributed by atoms with E-state index in [0.717, 1.165) is 13.1 Å². The summed E-state index contributed by atoms with van der Waals surface area (Å²) in [7, 11) is 0. The first-order valence-corrected chi connectivity index (χ1v) is 4.11. The third-order valence-corrected chi connectivity index (χ3v) is 2.00. The lowest BCUT2D eigenvalue weighted by Gasteiger charge is -2.35. The lowest BCUT2D eigenvalue weighted by molar-refractivity contribution is -0.130. The van der Waals surface area contributed by atoms with Crippen molar-refractivity contribution in [3.63, 3.8) is 0 Å². The summed E-state index contributed by atoms with van der Waals surface area (Å²) in [6, 6.07) is 0.866. The van der Waals surface area contributed by atoms with Crippen LogP contribution in [0.1, 0.15) is 20.8 Å². The van der Waals surface area contributed by atoms with E-state index < -0.39 is 0 Å². The smallest absolute Gasteiger partial charge is 0.219 e. The average molecular weight is 156 g/mol. The molecule has 2 atom stereocenters. The lowest BCUT2D eigenvalue weighted by atomic mass is 10.1. The molecule has 0 aliphatic carbocycles. The van der Waals surface area contributed by atoms with Crippen LogP contribution in [-0.4, -0.2) is 36.0 Å². The van der Waals surface area contributed by atoms with E-state index in [2.05, 4.69) is 19.2 Å². The summed E-state index contributed by atoms with van der Waals surface area (Å²) < 4.78 is 0. The molecule has 11 heavy (non-hydrogen) atoms. The molecule has 0 aromatic carbocycles. The van der Waals surface area contributed by atoms with E-state index in [9.17, 15) is 4.79 Å². The molecule has 1 heterocycles. The molecule has 0 bridgehead atoms. The molecule has 3 heteroatoms. The highest BCUT2D eigenvalue weighted by Crippen LogP contribution is 2.03. The summed E-state index contributed by atoms with van der Waals surface area (Å²) in [5.41, 5.74) is 0.